The van der Waals surface area contributed by atoms with E-state index in [0.29, 0.717) is 31.4 Å². The lowest BCUT2D eigenvalue weighted by atomic mass is 10.3. The quantitative estimate of drug-likeness (QED) is 0.881. The molecule has 1 aromatic rings. The molecule has 7 heteroatoms. The number of nitrogens with one attached hydrogen (secondary N) is 1. The molecule has 0 atom stereocenters. The highest BCUT2D eigenvalue weighted by atomic mass is 32.2. The maximum absolute atomic E-state index is 12.6. The van der Waals surface area contributed by atoms with Crippen molar-refractivity contribution in [1.29, 1.82) is 0 Å². The molecule has 0 amide bonds. The summed E-state index contributed by atoms with van der Waals surface area (Å²) in [7, 11) is -1.50. The zero-order valence-corrected chi connectivity index (χ0v) is 13.8. The van der Waals surface area contributed by atoms with Gasteiger partial charge in [0.1, 0.15) is 5.76 Å². The van der Waals surface area contributed by atoms with Gasteiger partial charge in [0.05, 0.1) is 6.54 Å². The van der Waals surface area contributed by atoms with Crippen LogP contribution in [-0.4, -0.2) is 56.9 Å². The molecule has 1 fully saturated rings. The summed E-state index contributed by atoms with van der Waals surface area (Å²) in [5.74, 6) is 0.647. The van der Waals surface area contributed by atoms with Gasteiger partial charge in [-0.2, -0.15) is 4.31 Å². The lowest BCUT2D eigenvalue weighted by molar-refractivity contribution is 0.340. The molecule has 1 saturated heterocycles. The van der Waals surface area contributed by atoms with Gasteiger partial charge in [-0.1, -0.05) is 13.8 Å². The lowest BCUT2D eigenvalue weighted by Crippen LogP contribution is -2.34. The summed E-state index contributed by atoms with van der Waals surface area (Å²) in [4.78, 5) is 2.15. The van der Waals surface area contributed by atoms with E-state index in [-0.39, 0.29) is 5.09 Å². The van der Waals surface area contributed by atoms with E-state index in [1.54, 1.807) is 12.1 Å². The van der Waals surface area contributed by atoms with Crippen molar-refractivity contribution in [2.75, 3.05) is 33.2 Å². The fraction of sp³-hybridized carbons (Fsp3) is 0.714. The number of furan rings is 1. The van der Waals surface area contributed by atoms with Gasteiger partial charge in [0.2, 0.25) is 5.09 Å². The van der Waals surface area contributed by atoms with Gasteiger partial charge in [0.25, 0.3) is 10.0 Å². The number of hydrogen-bond acceptors (Lipinski definition) is 5. The highest BCUT2D eigenvalue weighted by Gasteiger charge is 2.28. The zero-order valence-electron chi connectivity index (χ0n) is 13.0. The first kappa shape index (κ1) is 16.5. The molecule has 2 heterocycles. The van der Waals surface area contributed by atoms with E-state index in [0.717, 1.165) is 19.5 Å². The normalized spacial score (nSPS) is 19.0. The molecule has 0 bridgehead atoms. The van der Waals surface area contributed by atoms with Gasteiger partial charge in [0.15, 0.2) is 0 Å². The minimum absolute atomic E-state index is 0.0487. The smallest absolute Gasteiger partial charge is 0.276 e. The summed E-state index contributed by atoms with van der Waals surface area (Å²) < 4.78 is 32.2. The van der Waals surface area contributed by atoms with Gasteiger partial charge in [0, 0.05) is 25.7 Å². The molecule has 0 aliphatic carbocycles. The summed E-state index contributed by atoms with van der Waals surface area (Å²) in [5, 5.41) is 3.26. The molecule has 1 aliphatic rings. The number of hydrogen-bond donors (Lipinski definition) is 1. The fourth-order valence-electron chi connectivity index (χ4n) is 2.29. The van der Waals surface area contributed by atoms with Crippen LogP contribution < -0.4 is 5.32 Å². The van der Waals surface area contributed by atoms with Crippen molar-refractivity contribution in [2.45, 2.75) is 37.9 Å². The van der Waals surface area contributed by atoms with Crippen molar-refractivity contribution in [3.63, 3.8) is 0 Å². The minimum Gasteiger partial charge on any atom is -0.447 e. The largest absolute Gasteiger partial charge is 0.447 e. The van der Waals surface area contributed by atoms with Gasteiger partial charge >= 0.3 is 0 Å². The van der Waals surface area contributed by atoms with Crippen molar-refractivity contribution in [3.05, 3.63) is 17.9 Å². The van der Waals surface area contributed by atoms with Gasteiger partial charge in [-0.25, -0.2) is 8.42 Å². The van der Waals surface area contributed by atoms with Gasteiger partial charge in [-0.15, -0.1) is 0 Å². The van der Waals surface area contributed by atoms with E-state index >= 15 is 0 Å². The highest BCUT2D eigenvalue weighted by Crippen LogP contribution is 2.20. The van der Waals surface area contributed by atoms with E-state index in [1.165, 1.54) is 4.31 Å². The Labute approximate surface area is 127 Å². The predicted octanol–water partition coefficient (Wildman–Crippen LogP) is 1.10. The second-order valence-electron chi connectivity index (χ2n) is 5.82. The first-order valence-electron chi connectivity index (χ1n) is 7.40. The molecular weight excluding hydrogens is 290 g/mol. The van der Waals surface area contributed by atoms with Gasteiger partial charge in [-0.05, 0) is 32.1 Å². The Kier molecular flexibility index (Phi) is 5.43. The molecule has 0 radical (unpaired) electrons. The van der Waals surface area contributed by atoms with E-state index in [9.17, 15) is 8.42 Å². The Morgan fingerprint density at radius 3 is 2.71 bits per heavy atom. The van der Waals surface area contributed by atoms with Crippen LogP contribution >= 0.6 is 0 Å². The van der Waals surface area contributed by atoms with Crippen LogP contribution in [0.15, 0.2) is 21.6 Å². The van der Waals surface area contributed by atoms with Crippen LogP contribution in [0.5, 0.6) is 0 Å². The number of nitrogens with zero attached hydrogens (tertiary/aromatic N) is 2. The minimum atomic E-state index is -3.51. The maximum atomic E-state index is 12.6. The van der Waals surface area contributed by atoms with Crippen LogP contribution in [0.4, 0.5) is 0 Å². The van der Waals surface area contributed by atoms with Crippen LogP contribution in [0.3, 0.4) is 0 Å². The molecule has 2 rings (SSSR count). The topological polar surface area (TPSA) is 65.8 Å². The summed E-state index contributed by atoms with van der Waals surface area (Å²) in [5.41, 5.74) is 0. The Balaban J connectivity index is 2.08. The van der Waals surface area contributed by atoms with Crippen LogP contribution in [0.1, 0.15) is 26.0 Å². The van der Waals surface area contributed by atoms with E-state index in [2.05, 4.69) is 10.2 Å². The molecule has 0 unspecified atom stereocenters. The Bertz CT molecular complexity index is 554. The third-order valence-corrected chi connectivity index (χ3v) is 5.37. The van der Waals surface area contributed by atoms with E-state index < -0.39 is 10.0 Å². The van der Waals surface area contributed by atoms with Crippen molar-refractivity contribution < 1.29 is 12.8 Å². The average Bonchev–Trinajstić information content (AvgIpc) is 2.79. The van der Waals surface area contributed by atoms with Crippen LogP contribution in [-0.2, 0) is 16.6 Å². The van der Waals surface area contributed by atoms with Crippen LogP contribution in [0.25, 0.3) is 0 Å². The van der Waals surface area contributed by atoms with Crippen molar-refractivity contribution >= 4 is 10.0 Å². The molecule has 0 aromatic carbocycles. The number of rotatable bonds is 5. The van der Waals surface area contributed by atoms with E-state index in [1.807, 2.05) is 20.9 Å². The zero-order chi connectivity index (χ0) is 15.5. The molecular formula is C14H25N3O3S. The Morgan fingerprint density at radius 1 is 1.24 bits per heavy atom. The number of likely N-dealkylation sites (N-methyl/N-ethyl adjacent to an activating group) is 1. The first-order chi connectivity index (χ1) is 9.89. The summed E-state index contributed by atoms with van der Waals surface area (Å²) in [6, 6.07) is 3.62. The Hall–Kier alpha value is -0.890. The SMILES string of the molecule is CC(C)NCc1ccc(S(=O)(=O)N2CCCN(C)CC2)o1. The third-order valence-electron chi connectivity index (χ3n) is 3.59. The third kappa shape index (κ3) is 4.29. The molecule has 21 heavy (non-hydrogen) atoms. The van der Waals surface area contributed by atoms with E-state index in [4.69, 9.17) is 4.42 Å². The Morgan fingerprint density at radius 2 is 2.00 bits per heavy atom. The standard InChI is InChI=1S/C14H25N3O3S/c1-12(2)15-11-13-5-6-14(20-13)21(18,19)17-8-4-7-16(3)9-10-17/h5-6,12,15H,4,7-11H2,1-3H3. The van der Waals surface area contributed by atoms with Crippen molar-refractivity contribution in [1.82, 2.24) is 14.5 Å². The second kappa shape index (κ2) is 6.91. The number of sulfonamides is 1. The summed E-state index contributed by atoms with van der Waals surface area (Å²) >= 11 is 0. The molecule has 120 valence electrons. The van der Waals surface area contributed by atoms with Crippen molar-refractivity contribution in [2.24, 2.45) is 0 Å². The van der Waals surface area contributed by atoms with Gasteiger partial charge < -0.3 is 14.6 Å². The predicted molar refractivity (Wildman–Crippen MR) is 81.6 cm³/mol. The van der Waals surface area contributed by atoms with Crippen LogP contribution in [0, 0.1) is 0 Å². The summed E-state index contributed by atoms with van der Waals surface area (Å²) in [6.07, 6.45) is 0.845. The highest BCUT2D eigenvalue weighted by molar-refractivity contribution is 7.89. The second-order valence-corrected chi connectivity index (χ2v) is 7.69. The van der Waals surface area contributed by atoms with Crippen molar-refractivity contribution in [3.8, 4) is 0 Å². The molecule has 0 saturated carbocycles. The molecule has 1 aliphatic heterocycles. The van der Waals surface area contributed by atoms with Crippen LogP contribution in [0.2, 0.25) is 0 Å². The fourth-order valence-corrected chi connectivity index (χ4v) is 3.69. The average molecular weight is 315 g/mol. The lowest BCUT2D eigenvalue weighted by Gasteiger charge is -2.18. The maximum Gasteiger partial charge on any atom is 0.276 e. The summed E-state index contributed by atoms with van der Waals surface area (Å²) in [6.45, 7) is 7.35. The molecule has 1 aromatic heterocycles. The molecule has 6 nitrogen and oxygen atoms in total. The van der Waals surface area contributed by atoms with Gasteiger partial charge in [-0.3, -0.25) is 0 Å². The molecule has 0 spiro atoms. The molecule has 1 N–H and O–H groups in total. The monoisotopic (exact) mass is 315 g/mol. The first-order valence-corrected chi connectivity index (χ1v) is 8.84.